The Morgan fingerprint density at radius 1 is 1.25 bits per heavy atom. The molecule has 0 atom stereocenters. The van der Waals surface area contributed by atoms with Gasteiger partial charge in [0.05, 0.1) is 11.9 Å². The lowest BCUT2D eigenvalue weighted by Gasteiger charge is -2.08. The molecular weight excluding hydrogens is 324 g/mol. The number of carboxylic acid groups (broad SMARTS) is 1. The van der Waals surface area contributed by atoms with Crippen molar-refractivity contribution >= 4 is 33.5 Å². The fourth-order valence-corrected chi connectivity index (χ4v) is 2.15. The molecule has 0 unspecified atom stereocenters. The van der Waals surface area contributed by atoms with Crippen LogP contribution in [0.5, 0.6) is 0 Å². The molecule has 5 nitrogen and oxygen atoms in total. The normalized spacial score (nSPS) is 10.1. The number of carbonyl (C=O) groups excluding carboxylic acids is 1. The average Bonchev–Trinajstić information content (AvgIpc) is 2.39. The van der Waals surface area contributed by atoms with Crippen LogP contribution >= 0.6 is 15.9 Å². The summed E-state index contributed by atoms with van der Waals surface area (Å²) >= 11 is 3.34. The highest BCUT2D eigenvalue weighted by molar-refractivity contribution is 9.10. The minimum atomic E-state index is -1.10. The summed E-state index contributed by atoms with van der Waals surface area (Å²) in [5.74, 6) is -1.37. The van der Waals surface area contributed by atoms with Crippen molar-refractivity contribution in [3.8, 4) is 0 Å². The van der Waals surface area contributed by atoms with Crippen LogP contribution < -0.4 is 5.32 Å². The second-order valence-electron chi connectivity index (χ2n) is 4.15. The van der Waals surface area contributed by atoms with E-state index in [1.165, 1.54) is 18.3 Å². The molecule has 0 aliphatic rings. The number of rotatable bonds is 3. The molecular formula is C14H11BrN2O3. The topological polar surface area (TPSA) is 79.3 Å². The van der Waals surface area contributed by atoms with Crippen LogP contribution in [0.25, 0.3) is 0 Å². The lowest BCUT2D eigenvalue weighted by Crippen LogP contribution is -2.13. The summed E-state index contributed by atoms with van der Waals surface area (Å²) in [5, 5.41) is 11.4. The third kappa shape index (κ3) is 3.21. The van der Waals surface area contributed by atoms with Crippen LogP contribution in [0.4, 0.5) is 5.69 Å². The first-order valence-corrected chi connectivity index (χ1v) is 6.53. The number of amides is 1. The number of aryl methyl sites for hydroxylation is 1. The molecule has 0 saturated heterocycles. The number of nitrogens with zero attached hydrogens (tertiary/aromatic N) is 1. The Labute approximate surface area is 123 Å². The lowest BCUT2D eigenvalue weighted by atomic mass is 10.1. The Balaban J connectivity index is 2.17. The first-order chi connectivity index (χ1) is 9.47. The second-order valence-corrected chi connectivity index (χ2v) is 5.07. The van der Waals surface area contributed by atoms with E-state index in [0.717, 1.165) is 10.0 Å². The Morgan fingerprint density at radius 2 is 2.00 bits per heavy atom. The fourth-order valence-electron chi connectivity index (χ4n) is 1.67. The summed E-state index contributed by atoms with van der Waals surface area (Å²) in [4.78, 5) is 26.5. The van der Waals surface area contributed by atoms with Crippen molar-refractivity contribution in [1.29, 1.82) is 0 Å². The zero-order valence-electron chi connectivity index (χ0n) is 10.6. The van der Waals surface area contributed by atoms with Gasteiger partial charge in [0, 0.05) is 10.0 Å². The summed E-state index contributed by atoms with van der Waals surface area (Å²) in [7, 11) is 0. The van der Waals surface area contributed by atoms with Gasteiger partial charge in [-0.1, -0.05) is 15.9 Å². The number of carboxylic acids is 1. The average molecular weight is 335 g/mol. The van der Waals surface area contributed by atoms with Crippen LogP contribution in [0.1, 0.15) is 26.4 Å². The maximum absolute atomic E-state index is 12.1. The molecule has 0 saturated carbocycles. The molecule has 2 N–H and O–H groups in total. The van der Waals surface area contributed by atoms with Gasteiger partial charge in [-0.15, -0.1) is 0 Å². The van der Waals surface area contributed by atoms with Crippen molar-refractivity contribution in [1.82, 2.24) is 4.98 Å². The maximum Gasteiger partial charge on any atom is 0.354 e. The highest BCUT2D eigenvalue weighted by Crippen LogP contribution is 2.17. The lowest BCUT2D eigenvalue weighted by molar-refractivity contribution is 0.0690. The summed E-state index contributed by atoms with van der Waals surface area (Å²) in [5.41, 5.74) is 1.77. The Hall–Kier alpha value is -2.21. The van der Waals surface area contributed by atoms with Crippen molar-refractivity contribution < 1.29 is 14.7 Å². The third-order valence-corrected chi connectivity index (χ3v) is 3.17. The first-order valence-electron chi connectivity index (χ1n) is 5.74. The number of aromatic nitrogens is 1. The van der Waals surface area contributed by atoms with E-state index in [-0.39, 0.29) is 11.6 Å². The van der Waals surface area contributed by atoms with Crippen LogP contribution in [0.15, 0.2) is 41.0 Å². The number of hydrogen-bond acceptors (Lipinski definition) is 3. The number of aromatic carboxylic acids is 1. The zero-order valence-corrected chi connectivity index (χ0v) is 12.1. The van der Waals surface area contributed by atoms with Gasteiger partial charge in [0.2, 0.25) is 0 Å². The van der Waals surface area contributed by atoms with Crippen molar-refractivity contribution in [2.45, 2.75) is 6.92 Å². The summed E-state index contributed by atoms with van der Waals surface area (Å²) in [6, 6.07) is 8.19. The van der Waals surface area contributed by atoms with Gasteiger partial charge in [-0.2, -0.15) is 0 Å². The summed E-state index contributed by atoms with van der Waals surface area (Å²) in [6.07, 6.45) is 1.32. The van der Waals surface area contributed by atoms with Gasteiger partial charge in [-0.3, -0.25) is 4.79 Å². The van der Waals surface area contributed by atoms with E-state index in [0.29, 0.717) is 11.3 Å². The standard InChI is InChI=1S/C14H11BrN2O3/c1-8-6-9(15)2-4-11(8)13(18)17-10-3-5-12(14(19)20)16-7-10/h2-7H,1H3,(H,17,18)(H,19,20). The van der Waals surface area contributed by atoms with E-state index >= 15 is 0 Å². The van der Waals surface area contributed by atoms with E-state index in [1.54, 1.807) is 12.1 Å². The second kappa shape index (κ2) is 5.83. The van der Waals surface area contributed by atoms with Crippen molar-refractivity contribution in [3.05, 3.63) is 57.8 Å². The van der Waals surface area contributed by atoms with Crippen LogP contribution in [0.2, 0.25) is 0 Å². The number of nitrogens with one attached hydrogen (secondary N) is 1. The smallest absolute Gasteiger partial charge is 0.354 e. The maximum atomic E-state index is 12.1. The molecule has 1 aromatic heterocycles. The van der Waals surface area contributed by atoms with Crippen molar-refractivity contribution in [2.24, 2.45) is 0 Å². The predicted molar refractivity (Wildman–Crippen MR) is 78.0 cm³/mol. The van der Waals surface area contributed by atoms with E-state index < -0.39 is 5.97 Å². The highest BCUT2D eigenvalue weighted by Gasteiger charge is 2.10. The first kappa shape index (κ1) is 14.2. The number of carbonyl (C=O) groups is 2. The van der Waals surface area contributed by atoms with Crippen LogP contribution in [-0.4, -0.2) is 22.0 Å². The third-order valence-electron chi connectivity index (χ3n) is 2.67. The van der Waals surface area contributed by atoms with Gasteiger partial charge in [-0.05, 0) is 42.8 Å². The highest BCUT2D eigenvalue weighted by atomic mass is 79.9. The molecule has 0 radical (unpaired) electrons. The van der Waals surface area contributed by atoms with E-state index in [4.69, 9.17) is 5.11 Å². The van der Waals surface area contributed by atoms with Crippen LogP contribution in [-0.2, 0) is 0 Å². The predicted octanol–water partition coefficient (Wildman–Crippen LogP) is 3.10. The zero-order chi connectivity index (χ0) is 14.7. The molecule has 102 valence electrons. The molecule has 20 heavy (non-hydrogen) atoms. The molecule has 0 spiro atoms. The quantitative estimate of drug-likeness (QED) is 0.903. The minimum absolute atomic E-state index is 0.0668. The number of pyridine rings is 1. The fraction of sp³-hybridized carbons (Fsp3) is 0.0714. The molecule has 0 bridgehead atoms. The molecule has 0 fully saturated rings. The van der Waals surface area contributed by atoms with Gasteiger partial charge in [-0.25, -0.2) is 9.78 Å². The van der Waals surface area contributed by atoms with Crippen LogP contribution in [0, 0.1) is 6.92 Å². The van der Waals surface area contributed by atoms with Gasteiger partial charge in [0.15, 0.2) is 0 Å². The van der Waals surface area contributed by atoms with Crippen molar-refractivity contribution in [3.63, 3.8) is 0 Å². The molecule has 1 heterocycles. The van der Waals surface area contributed by atoms with Crippen molar-refractivity contribution in [2.75, 3.05) is 5.32 Å². The molecule has 1 amide bonds. The van der Waals surface area contributed by atoms with Gasteiger partial charge < -0.3 is 10.4 Å². The van der Waals surface area contributed by atoms with E-state index in [1.807, 2.05) is 13.0 Å². The largest absolute Gasteiger partial charge is 0.477 e. The number of benzene rings is 1. The SMILES string of the molecule is Cc1cc(Br)ccc1C(=O)Nc1ccc(C(=O)O)nc1. The molecule has 0 aliphatic heterocycles. The summed E-state index contributed by atoms with van der Waals surface area (Å²) < 4.78 is 0.902. The molecule has 2 aromatic rings. The minimum Gasteiger partial charge on any atom is -0.477 e. The number of anilines is 1. The number of hydrogen-bond donors (Lipinski definition) is 2. The van der Waals surface area contributed by atoms with Gasteiger partial charge >= 0.3 is 5.97 Å². The Morgan fingerprint density at radius 3 is 2.55 bits per heavy atom. The Kier molecular flexibility index (Phi) is 4.14. The number of halogens is 1. The summed E-state index contributed by atoms with van der Waals surface area (Å²) in [6.45, 7) is 1.84. The van der Waals surface area contributed by atoms with Gasteiger partial charge in [0.25, 0.3) is 5.91 Å². The molecule has 6 heteroatoms. The molecule has 2 rings (SSSR count). The molecule has 1 aromatic carbocycles. The monoisotopic (exact) mass is 334 g/mol. The van der Waals surface area contributed by atoms with Gasteiger partial charge in [0.1, 0.15) is 5.69 Å². The van der Waals surface area contributed by atoms with E-state index in [9.17, 15) is 9.59 Å². The molecule has 0 aliphatic carbocycles. The van der Waals surface area contributed by atoms with E-state index in [2.05, 4.69) is 26.2 Å². The Bertz CT molecular complexity index is 669. The van der Waals surface area contributed by atoms with Crippen LogP contribution in [0.3, 0.4) is 0 Å².